The maximum atomic E-state index is 13.4. The number of rotatable bonds is 5. The van der Waals surface area contributed by atoms with Gasteiger partial charge in [0.15, 0.2) is 6.10 Å². The van der Waals surface area contributed by atoms with E-state index in [4.69, 9.17) is 18.9 Å². The summed E-state index contributed by atoms with van der Waals surface area (Å²) in [6.07, 6.45) is 1.43. The van der Waals surface area contributed by atoms with Crippen LogP contribution in [0.4, 0.5) is 4.79 Å². The Morgan fingerprint density at radius 1 is 1.10 bits per heavy atom. The number of methoxy groups -OCH3 is 2. The molecule has 2 aromatic rings. The largest absolute Gasteiger partial charge is 0.497 e. The first kappa shape index (κ1) is 21.5. The van der Waals surface area contributed by atoms with Gasteiger partial charge in [0.1, 0.15) is 17.2 Å². The van der Waals surface area contributed by atoms with Gasteiger partial charge in [-0.3, -0.25) is 4.79 Å². The molecule has 8 heteroatoms. The zero-order chi connectivity index (χ0) is 22.0. The minimum atomic E-state index is -1.14. The Morgan fingerprint density at radius 2 is 1.87 bits per heavy atom. The molecule has 1 saturated carbocycles. The van der Waals surface area contributed by atoms with Crippen LogP contribution in [0.15, 0.2) is 40.9 Å². The van der Waals surface area contributed by atoms with Crippen LogP contribution in [-0.4, -0.2) is 38.2 Å². The van der Waals surface area contributed by atoms with Crippen molar-refractivity contribution in [2.75, 3.05) is 14.2 Å². The van der Waals surface area contributed by atoms with E-state index in [0.29, 0.717) is 32.8 Å². The second-order valence-electron chi connectivity index (χ2n) is 7.61. The van der Waals surface area contributed by atoms with E-state index >= 15 is 0 Å². The van der Waals surface area contributed by atoms with Crippen LogP contribution in [0.1, 0.15) is 47.7 Å². The molecular weight excluding hydrogens is 466 g/mol. The number of hydrogen-bond donors (Lipinski definition) is 1. The zero-order valence-corrected chi connectivity index (χ0v) is 18.9. The number of benzene rings is 2. The Labute approximate surface area is 189 Å². The van der Waals surface area contributed by atoms with E-state index in [0.717, 1.165) is 25.7 Å². The molecule has 164 valence electrons. The van der Waals surface area contributed by atoms with E-state index in [1.807, 2.05) is 0 Å². The van der Waals surface area contributed by atoms with Crippen molar-refractivity contribution in [1.29, 1.82) is 0 Å². The number of carbonyl (C=O) groups is 2. The van der Waals surface area contributed by atoms with Gasteiger partial charge in [-0.25, -0.2) is 4.79 Å². The van der Waals surface area contributed by atoms with Crippen LogP contribution >= 0.6 is 15.9 Å². The molecule has 0 radical (unpaired) electrons. The average Bonchev–Trinajstić information content (AvgIpc) is 3.28. The minimum absolute atomic E-state index is 0.0769. The van der Waals surface area contributed by atoms with Gasteiger partial charge in [-0.2, -0.15) is 0 Å². The Bertz CT molecular complexity index is 988. The lowest BCUT2D eigenvalue weighted by molar-refractivity contribution is 0.00822. The third-order valence-electron chi connectivity index (χ3n) is 5.66. The van der Waals surface area contributed by atoms with Gasteiger partial charge in [0.05, 0.1) is 24.3 Å². The summed E-state index contributed by atoms with van der Waals surface area (Å²) in [4.78, 5) is 26.0. The molecule has 4 rings (SSSR count). The van der Waals surface area contributed by atoms with Crippen molar-refractivity contribution in [3.8, 4) is 17.2 Å². The number of halogens is 1. The van der Waals surface area contributed by atoms with Crippen LogP contribution in [0.3, 0.4) is 0 Å². The van der Waals surface area contributed by atoms with E-state index in [1.165, 1.54) is 7.11 Å². The lowest BCUT2D eigenvalue weighted by atomic mass is 9.93. The number of nitrogens with one attached hydrogen (secondary N) is 1. The first-order chi connectivity index (χ1) is 15.0. The molecule has 0 bridgehead atoms. The molecule has 1 N–H and O–H groups in total. The highest BCUT2D eigenvalue weighted by molar-refractivity contribution is 9.10. The van der Waals surface area contributed by atoms with Crippen LogP contribution < -0.4 is 19.5 Å². The van der Waals surface area contributed by atoms with Crippen LogP contribution in [0.2, 0.25) is 0 Å². The molecule has 2 aliphatic rings. The fraction of sp³-hybridized carbons (Fsp3) is 0.391. The number of Topliss-reactive ketones (excluding diaryl/α,β-unsaturated/α-hetero) is 1. The van der Waals surface area contributed by atoms with Gasteiger partial charge in [0.2, 0.25) is 11.9 Å². The summed E-state index contributed by atoms with van der Waals surface area (Å²) in [6, 6.07) is 10.5. The SMILES string of the molecule is COc1ccc2c(c1)C(=O)[C@@H](OC(=O)NC1CCCC1)[C@H](c1ccc(OC)c(Br)c1)O2. The number of alkyl carbamates (subject to hydrolysis) is 1. The van der Waals surface area contributed by atoms with Crippen molar-refractivity contribution in [3.63, 3.8) is 0 Å². The minimum Gasteiger partial charge on any atom is -0.497 e. The summed E-state index contributed by atoms with van der Waals surface area (Å²) in [5.41, 5.74) is 1.00. The predicted molar refractivity (Wildman–Crippen MR) is 117 cm³/mol. The molecule has 0 saturated heterocycles. The molecule has 1 fully saturated rings. The molecule has 1 aliphatic carbocycles. The summed E-state index contributed by atoms with van der Waals surface area (Å²) in [5.74, 6) is 1.25. The molecule has 1 amide bonds. The summed E-state index contributed by atoms with van der Waals surface area (Å²) in [7, 11) is 3.10. The standard InChI is InChI=1S/C23H24BrNO6/c1-28-15-8-10-18-16(12-15)20(26)22(31-23(27)25-14-5-3-4-6-14)21(30-18)13-7-9-19(29-2)17(24)11-13/h7-12,14,21-22H,3-6H2,1-2H3,(H,25,27)/t21-,22+/m0/s1. The van der Waals surface area contributed by atoms with Crippen molar-refractivity contribution in [1.82, 2.24) is 5.32 Å². The molecule has 2 aromatic carbocycles. The molecular formula is C23H24BrNO6. The smallest absolute Gasteiger partial charge is 0.408 e. The molecule has 1 aliphatic heterocycles. The van der Waals surface area contributed by atoms with Crippen LogP contribution in [-0.2, 0) is 4.74 Å². The summed E-state index contributed by atoms with van der Waals surface area (Å²) < 4.78 is 23.0. The highest BCUT2D eigenvalue weighted by Crippen LogP contribution is 2.40. The van der Waals surface area contributed by atoms with Gasteiger partial charge in [-0.1, -0.05) is 18.9 Å². The van der Waals surface area contributed by atoms with Gasteiger partial charge in [0.25, 0.3) is 0 Å². The van der Waals surface area contributed by atoms with Crippen molar-refractivity contribution >= 4 is 27.8 Å². The Balaban J connectivity index is 1.66. The lowest BCUT2D eigenvalue weighted by Gasteiger charge is -2.33. The fourth-order valence-electron chi connectivity index (χ4n) is 4.02. The van der Waals surface area contributed by atoms with Gasteiger partial charge in [-0.05, 0) is 64.7 Å². The second-order valence-corrected chi connectivity index (χ2v) is 8.46. The number of carbonyl (C=O) groups excluding carboxylic acids is 2. The van der Waals surface area contributed by atoms with Crippen molar-refractivity contribution < 1.29 is 28.5 Å². The third kappa shape index (κ3) is 4.49. The number of ether oxygens (including phenoxy) is 4. The van der Waals surface area contributed by atoms with E-state index in [9.17, 15) is 9.59 Å². The number of ketones is 1. The Kier molecular flexibility index (Phi) is 6.36. The van der Waals surface area contributed by atoms with Gasteiger partial charge >= 0.3 is 6.09 Å². The van der Waals surface area contributed by atoms with Crippen LogP contribution in [0, 0.1) is 0 Å². The van der Waals surface area contributed by atoms with E-state index < -0.39 is 18.3 Å². The summed E-state index contributed by atoms with van der Waals surface area (Å²) in [5, 5.41) is 2.87. The monoisotopic (exact) mass is 489 g/mol. The highest BCUT2D eigenvalue weighted by Gasteiger charge is 2.42. The fourth-order valence-corrected chi connectivity index (χ4v) is 4.58. The number of hydrogen-bond acceptors (Lipinski definition) is 6. The summed E-state index contributed by atoms with van der Waals surface area (Å²) in [6.45, 7) is 0. The zero-order valence-electron chi connectivity index (χ0n) is 17.4. The van der Waals surface area contributed by atoms with E-state index in [-0.39, 0.29) is 11.8 Å². The van der Waals surface area contributed by atoms with Crippen molar-refractivity contribution in [2.24, 2.45) is 0 Å². The van der Waals surface area contributed by atoms with Gasteiger partial charge in [-0.15, -0.1) is 0 Å². The first-order valence-electron chi connectivity index (χ1n) is 10.2. The predicted octanol–water partition coefficient (Wildman–Crippen LogP) is 4.82. The molecule has 0 aromatic heterocycles. The molecule has 0 unspecified atom stereocenters. The normalized spacial score (nSPS) is 20.5. The molecule has 7 nitrogen and oxygen atoms in total. The average molecular weight is 490 g/mol. The third-order valence-corrected chi connectivity index (χ3v) is 6.27. The van der Waals surface area contributed by atoms with Gasteiger partial charge < -0.3 is 24.3 Å². The Morgan fingerprint density at radius 3 is 2.55 bits per heavy atom. The number of amides is 1. The molecule has 1 heterocycles. The topological polar surface area (TPSA) is 83.1 Å². The first-order valence-corrected chi connectivity index (χ1v) is 11.0. The summed E-state index contributed by atoms with van der Waals surface area (Å²) >= 11 is 3.47. The quantitative estimate of drug-likeness (QED) is 0.647. The van der Waals surface area contributed by atoms with Crippen LogP contribution in [0.5, 0.6) is 17.2 Å². The van der Waals surface area contributed by atoms with Gasteiger partial charge in [0, 0.05) is 6.04 Å². The second kappa shape index (κ2) is 9.18. The molecule has 31 heavy (non-hydrogen) atoms. The van der Waals surface area contributed by atoms with E-state index in [1.54, 1.807) is 43.5 Å². The van der Waals surface area contributed by atoms with E-state index in [2.05, 4.69) is 21.2 Å². The van der Waals surface area contributed by atoms with Crippen molar-refractivity contribution in [3.05, 3.63) is 52.0 Å². The lowest BCUT2D eigenvalue weighted by Crippen LogP contribution is -2.44. The van der Waals surface area contributed by atoms with Crippen LogP contribution in [0.25, 0.3) is 0 Å². The molecule has 2 atom stereocenters. The highest BCUT2D eigenvalue weighted by atomic mass is 79.9. The van der Waals surface area contributed by atoms with Crippen molar-refractivity contribution in [2.45, 2.75) is 43.9 Å². The Hall–Kier alpha value is -2.74. The maximum Gasteiger partial charge on any atom is 0.408 e. The maximum absolute atomic E-state index is 13.4. The number of fused-ring (bicyclic) bond motifs is 1. The molecule has 0 spiro atoms.